The zero-order valence-electron chi connectivity index (χ0n) is 10.1. The largest absolute Gasteiger partial charge is 0.456 e. The number of aryl methyl sites for hydroxylation is 2. The van der Waals surface area contributed by atoms with Gasteiger partial charge in [0, 0.05) is 10.7 Å². The molecule has 0 radical (unpaired) electrons. The van der Waals surface area contributed by atoms with Crippen molar-refractivity contribution in [1.82, 2.24) is 0 Å². The summed E-state index contributed by atoms with van der Waals surface area (Å²) in [6.07, 6.45) is 0. The lowest BCUT2D eigenvalue weighted by atomic mass is 10.1. The van der Waals surface area contributed by atoms with Gasteiger partial charge in [-0.2, -0.15) is 0 Å². The van der Waals surface area contributed by atoms with Crippen molar-refractivity contribution in [3.8, 4) is 11.5 Å². The van der Waals surface area contributed by atoms with Gasteiger partial charge in [0.2, 0.25) is 0 Å². The second kappa shape index (κ2) is 5.21. The van der Waals surface area contributed by atoms with E-state index in [-0.39, 0.29) is 0 Å². The molecule has 0 aliphatic carbocycles. The Bertz CT molecular complexity index is 575. The zero-order valence-corrected chi connectivity index (χ0v) is 12.5. The molecule has 18 heavy (non-hydrogen) atoms. The fourth-order valence-electron chi connectivity index (χ4n) is 1.69. The van der Waals surface area contributed by atoms with E-state index in [0.29, 0.717) is 5.69 Å². The Morgan fingerprint density at radius 3 is 2.28 bits per heavy atom. The first-order valence-electron chi connectivity index (χ1n) is 5.47. The first-order chi connectivity index (χ1) is 8.47. The minimum atomic E-state index is 0.692. The predicted octanol–water partition coefficient (Wildman–Crippen LogP) is 5.09. The third-order valence-electron chi connectivity index (χ3n) is 2.59. The lowest BCUT2D eigenvalue weighted by molar-refractivity contribution is 0.479. The third-order valence-corrected chi connectivity index (χ3v) is 3.81. The molecule has 0 atom stereocenters. The molecule has 0 bridgehead atoms. The van der Waals surface area contributed by atoms with E-state index in [9.17, 15) is 0 Å². The summed E-state index contributed by atoms with van der Waals surface area (Å²) >= 11 is 9.55. The van der Waals surface area contributed by atoms with E-state index in [2.05, 4.69) is 15.9 Å². The Kier molecular flexibility index (Phi) is 3.83. The Morgan fingerprint density at radius 1 is 1.11 bits per heavy atom. The highest BCUT2D eigenvalue weighted by Crippen LogP contribution is 2.33. The van der Waals surface area contributed by atoms with E-state index >= 15 is 0 Å². The summed E-state index contributed by atoms with van der Waals surface area (Å²) < 4.78 is 6.65. The Labute approximate surface area is 120 Å². The van der Waals surface area contributed by atoms with Crippen molar-refractivity contribution in [2.75, 3.05) is 5.73 Å². The highest BCUT2D eigenvalue weighted by molar-refractivity contribution is 9.10. The molecule has 2 rings (SSSR count). The van der Waals surface area contributed by atoms with E-state index in [1.807, 2.05) is 38.1 Å². The molecule has 0 aliphatic heterocycles. The highest BCUT2D eigenvalue weighted by atomic mass is 79.9. The van der Waals surface area contributed by atoms with Crippen LogP contribution in [0.15, 0.2) is 34.8 Å². The first-order valence-corrected chi connectivity index (χ1v) is 6.64. The molecular formula is C14H13BrClNO. The third kappa shape index (κ3) is 2.79. The molecule has 0 aliphatic rings. The van der Waals surface area contributed by atoms with Crippen molar-refractivity contribution in [1.29, 1.82) is 0 Å². The van der Waals surface area contributed by atoms with E-state index < -0.39 is 0 Å². The van der Waals surface area contributed by atoms with Gasteiger partial charge in [0.15, 0.2) is 0 Å². The van der Waals surface area contributed by atoms with Crippen molar-refractivity contribution in [3.63, 3.8) is 0 Å². The fourth-order valence-corrected chi connectivity index (χ4v) is 2.28. The van der Waals surface area contributed by atoms with Crippen LogP contribution in [0.5, 0.6) is 11.5 Å². The van der Waals surface area contributed by atoms with Gasteiger partial charge in [0.05, 0.1) is 4.47 Å². The minimum absolute atomic E-state index is 0.692. The molecular weight excluding hydrogens is 314 g/mol. The molecule has 0 spiro atoms. The minimum Gasteiger partial charge on any atom is -0.456 e. The Balaban J connectivity index is 2.34. The van der Waals surface area contributed by atoms with Gasteiger partial charge in [0.1, 0.15) is 11.5 Å². The Morgan fingerprint density at radius 2 is 1.72 bits per heavy atom. The van der Waals surface area contributed by atoms with Crippen LogP contribution in [0.2, 0.25) is 5.02 Å². The van der Waals surface area contributed by atoms with Gasteiger partial charge in [-0.05, 0) is 71.2 Å². The van der Waals surface area contributed by atoms with Gasteiger partial charge in [-0.25, -0.2) is 0 Å². The molecule has 0 unspecified atom stereocenters. The van der Waals surface area contributed by atoms with E-state index in [4.69, 9.17) is 22.1 Å². The van der Waals surface area contributed by atoms with Crippen molar-refractivity contribution >= 4 is 33.2 Å². The van der Waals surface area contributed by atoms with Gasteiger partial charge >= 0.3 is 0 Å². The lowest BCUT2D eigenvalue weighted by Crippen LogP contribution is -1.90. The van der Waals surface area contributed by atoms with Crippen LogP contribution >= 0.6 is 27.5 Å². The zero-order chi connectivity index (χ0) is 13.3. The van der Waals surface area contributed by atoms with E-state index in [1.54, 1.807) is 6.07 Å². The van der Waals surface area contributed by atoms with Gasteiger partial charge in [0.25, 0.3) is 0 Å². The molecule has 94 valence electrons. The van der Waals surface area contributed by atoms with E-state index in [0.717, 1.165) is 32.1 Å². The molecule has 0 aromatic heterocycles. The summed E-state index contributed by atoms with van der Waals surface area (Å²) in [5.41, 5.74) is 8.38. The van der Waals surface area contributed by atoms with Gasteiger partial charge < -0.3 is 10.5 Å². The summed E-state index contributed by atoms with van der Waals surface area (Å²) in [6.45, 7) is 3.92. The van der Waals surface area contributed by atoms with Crippen molar-refractivity contribution in [2.24, 2.45) is 0 Å². The second-order valence-electron chi connectivity index (χ2n) is 4.16. The maximum absolute atomic E-state index is 6.12. The number of halogens is 2. The number of ether oxygens (including phenoxy) is 1. The molecule has 0 amide bonds. The molecule has 0 saturated carbocycles. The summed E-state index contributed by atoms with van der Waals surface area (Å²) in [4.78, 5) is 0. The van der Waals surface area contributed by atoms with Crippen LogP contribution in [0.3, 0.4) is 0 Å². The smallest absolute Gasteiger partial charge is 0.141 e. The van der Waals surface area contributed by atoms with Crippen LogP contribution < -0.4 is 10.5 Å². The summed E-state index contributed by atoms with van der Waals surface area (Å²) in [5.74, 6) is 1.49. The number of nitrogen functional groups attached to an aromatic ring is 1. The highest BCUT2D eigenvalue weighted by Gasteiger charge is 2.07. The van der Waals surface area contributed by atoms with Crippen LogP contribution in [-0.4, -0.2) is 0 Å². The van der Waals surface area contributed by atoms with E-state index in [1.165, 1.54) is 0 Å². The van der Waals surface area contributed by atoms with Crippen molar-refractivity contribution in [3.05, 3.63) is 51.0 Å². The molecule has 2 N–H and O–H groups in total. The number of hydrogen-bond donors (Lipinski definition) is 1. The number of nitrogens with two attached hydrogens (primary N) is 1. The van der Waals surface area contributed by atoms with Crippen LogP contribution in [0, 0.1) is 13.8 Å². The molecule has 2 aromatic rings. The number of benzene rings is 2. The van der Waals surface area contributed by atoms with Crippen LogP contribution in [0.1, 0.15) is 11.1 Å². The average Bonchev–Trinajstić information content (AvgIpc) is 2.29. The maximum atomic E-state index is 6.12. The van der Waals surface area contributed by atoms with Gasteiger partial charge in [-0.15, -0.1) is 0 Å². The lowest BCUT2D eigenvalue weighted by Gasteiger charge is -2.11. The fraction of sp³-hybridized carbons (Fsp3) is 0.143. The van der Waals surface area contributed by atoms with Crippen molar-refractivity contribution in [2.45, 2.75) is 13.8 Å². The molecule has 0 saturated heterocycles. The number of hydrogen-bond acceptors (Lipinski definition) is 2. The summed E-state index contributed by atoms with van der Waals surface area (Å²) in [6, 6.07) is 9.27. The maximum Gasteiger partial charge on any atom is 0.141 e. The van der Waals surface area contributed by atoms with Crippen LogP contribution in [0.4, 0.5) is 5.69 Å². The number of rotatable bonds is 2. The van der Waals surface area contributed by atoms with Gasteiger partial charge in [-0.1, -0.05) is 11.6 Å². The monoisotopic (exact) mass is 325 g/mol. The number of anilines is 1. The molecule has 2 nitrogen and oxygen atoms in total. The molecule has 4 heteroatoms. The average molecular weight is 327 g/mol. The van der Waals surface area contributed by atoms with Crippen LogP contribution in [-0.2, 0) is 0 Å². The van der Waals surface area contributed by atoms with Crippen LogP contribution in [0.25, 0.3) is 0 Å². The SMILES string of the molecule is Cc1cc(Oc2ccc(N)cc2Br)cc(C)c1Cl. The van der Waals surface area contributed by atoms with Gasteiger partial charge in [-0.3, -0.25) is 0 Å². The molecule has 0 fully saturated rings. The van der Waals surface area contributed by atoms with Crippen molar-refractivity contribution < 1.29 is 4.74 Å². The summed E-state index contributed by atoms with van der Waals surface area (Å²) in [5, 5.41) is 0.777. The first kappa shape index (κ1) is 13.2. The molecule has 0 heterocycles. The molecule has 2 aromatic carbocycles. The second-order valence-corrected chi connectivity index (χ2v) is 5.40. The standard InChI is InChI=1S/C14H13BrClNO/c1-8-5-11(6-9(2)14(8)16)18-13-4-3-10(17)7-12(13)15/h3-7H,17H2,1-2H3. The predicted molar refractivity (Wildman–Crippen MR) is 79.6 cm³/mol. The normalized spacial score (nSPS) is 10.4. The Hall–Kier alpha value is -1.19. The quantitative estimate of drug-likeness (QED) is 0.780. The topological polar surface area (TPSA) is 35.2 Å². The summed E-state index contributed by atoms with van der Waals surface area (Å²) in [7, 11) is 0.